The number of aliphatic hydroxyl groups excluding tert-OH is 3. The van der Waals surface area contributed by atoms with Crippen molar-refractivity contribution in [2.24, 2.45) is 0 Å². The van der Waals surface area contributed by atoms with E-state index in [9.17, 15) is 20.1 Å². The number of hydrogen-bond acceptors (Lipinski definition) is 7. The van der Waals surface area contributed by atoms with Gasteiger partial charge in [0.1, 0.15) is 6.10 Å². The lowest BCUT2D eigenvalue weighted by atomic mass is 10.00. The molecule has 2 fully saturated rings. The number of aliphatic hydroxyl groups is 3. The van der Waals surface area contributed by atoms with Crippen LogP contribution in [0.4, 0.5) is 0 Å². The van der Waals surface area contributed by atoms with Crippen LogP contribution in [-0.4, -0.2) is 70.1 Å². The Balaban J connectivity index is 1.15. The molecule has 42 heavy (non-hydrogen) atoms. The van der Waals surface area contributed by atoms with Crippen LogP contribution >= 0.6 is 0 Å². The molecule has 8 atom stereocenters. The second kappa shape index (κ2) is 20.1. The van der Waals surface area contributed by atoms with Crippen LogP contribution < -0.4 is 0 Å². The van der Waals surface area contributed by atoms with E-state index in [1.807, 2.05) is 13.0 Å². The topological polar surface area (TPSA) is 105 Å². The van der Waals surface area contributed by atoms with E-state index in [1.54, 1.807) is 0 Å². The Morgan fingerprint density at radius 3 is 1.60 bits per heavy atom. The minimum Gasteiger partial charge on any atom is -0.455 e. The highest BCUT2D eigenvalue weighted by atomic mass is 16.6. The third-order valence-electron chi connectivity index (χ3n) is 9.53. The monoisotopic (exact) mass is 594 g/mol. The predicted octanol–water partition coefficient (Wildman–Crippen LogP) is 7.08. The summed E-state index contributed by atoms with van der Waals surface area (Å²) in [6, 6.07) is 0. The summed E-state index contributed by atoms with van der Waals surface area (Å²) < 4.78 is 17.6. The molecule has 0 unspecified atom stereocenters. The van der Waals surface area contributed by atoms with Crippen molar-refractivity contribution in [1.82, 2.24) is 0 Å². The molecule has 7 nitrogen and oxygen atoms in total. The minimum atomic E-state index is -0.471. The summed E-state index contributed by atoms with van der Waals surface area (Å²) in [5, 5.41) is 31.6. The zero-order chi connectivity index (χ0) is 30.2. The average Bonchev–Trinajstić information content (AvgIpc) is 3.72. The van der Waals surface area contributed by atoms with Crippen molar-refractivity contribution in [2.45, 2.75) is 204 Å². The van der Waals surface area contributed by atoms with E-state index in [0.717, 1.165) is 83.5 Å². The van der Waals surface area contributed by atoms with Gasteiger partial charge in [0.05, 0.1) is 42.7 Å². The van der Waals surface area contributed by atoms with Crippen LogP contribution in [-0.2, 0) is 19.0 Å². The number of ether oxygens (including phenoxy) is 3. The standard InChI is InChI=1S/C35H62O7/c1-3-4-5-6-8-12-15-18-29(37)31-20-22-33(41-31)34-23-21-32(42-34)30(38)19-16-13-10-7-9-11-14-17-28(36)25-27-24-26(2)40-35(27)39/h24,26,28-34,36-38H,3-23,25H2,1-2H3/t26-,28+,29-,30+,31+,32+,33+,34+/m0/s1. The number of rotatable bonds is 23. The molecule has 0 bridgehead atoms. The number of esters is 1. The van der Waals surface area contributed by atoms with Crippen molar-refractivity contribution in [3.8, 4) is 0 Å². The summed E-state index contributed by atoms with van der Waals surface area (Å²) in [7, 11) is 0. The molecule has 0 spiro atoms. The van der Waals surface area contributed by atoms with Gasteiger partial charge in [-0.1, -0.05) is 96.8 Å². The van der Waals surface area contributed by atoms with Crippen molar-refractivity contribution in [1.29, 1.82) is 0 Å². The molecule has 0 saturated carbocycles. The van der Waals surface area contributed by atoms with Gasteiger partial charge in [-0.25, -0.2) is 4.79 Å². The van der Waals surface area contributed by atoms with E-state index in [-0.39, 0.29) is 42.6 Å². The molecule has 0 aromatic heterocycles. The Kier molecular flexibility index (Phi) is 17.0. The Morgan fingerprint density at radius 2 is 1.14 bits per heavy atom. The fourth-order valence-corrected chi connectivity index (χ4v) is 6.93. The predicted molar refractivity (Wildman–Crippen MR) is 166 cm³/mol. The van der Waals surface area contributed by atoms with Crippen LogP contribution in [0.2, 0.25) is 0 Å². The lowest BCUT2D eigenvalue weighted by Crippen LogP contribution is -2.33. The molecular formula is C35H62O7. The molecule has 3 N–H and O–H groups in total. The number of cyclic esters (lactones) is 1. The quantitative estimate of drug-likeness (QED) is 0.0858. The molecule has 0 aliphatic carbocycles. The molecule has 0 amide bonds. The van der Waals surface area contributed by atoms with Crippen LogP contribution in [0, 0.1) is 0 Å². The van der Waals surface area contributed by atoms with E-state index in [4.69, 9.17) is 14.2 Å². The van der Waals surface area contributed by atoms with E-state index in [2.05, 4.69) is 6.92 Å². The maximum absolute atomic E-state index is 11.7. The highest BCUT2D eigenvalue weighted by Crippen LogP contribution is 2.34. The molecular weight excluding hydrogens is 532 g/mol. The van der Waals surface area contributed by atoms with Crippen LogP contribution in [0.3, 0.4) is 0 Å². The molecule has 7 heteroatoms. The summed E-state index contributed by atoms with van der Waals surface area (Å²) in [5.74, 6) is -0.285. The van der Waals surface area contributed by atoms with Crippen LogP contribution in [0.1, 0.15) is 155 Å². The zero-order valence-electron chi connectivity index (χ0n) is 26.7. The van der Waals surface area contributed by atoms with Crippen molar-refractivity contribution in [2.75, 3.05) is 0 Å². The molecule has 2 saturated heterocycles. The summed E-state index contributed by atoms with van der Waals surface area (Å²) >= 11 is 0. The Morgan fingerprint density at radius 1 is 0.690 bits per heavy atom. The molecule has 3 aliphatic heterocycles. The van der Waals surface area contributed by atoms with E-state index in [0.29, 0.717) is 12.0 Å². The third kappa shape index (κ3) is 12.9. The van der Waals surface area contributed by atoms with Gasteiger partial charge in [0.2, 0.25) is 0 Å². The zero-order valence-corrected chi connectivity index (χ0v) is 26.7. The lowest BCUT2D eigenvalue weighted by Gasteiger charge is -2.24. The van der Waals surface area contributed by atoms with Gasteiger partial charge in [-0.05, 0) is 57.9 Å². The van der Waals surface area contributed by atoms with Gasteiger partial charge < -0.3 is 29.5 Å². The SMILES string of the molecule is CCCCCCCCC[C@H](O)[C@H]1CC[C@H]([C@H]2CC[C@H]([C@H](O)CCCCCCCCC[C@@H](O)CC3=C[C@H](C)OC3=O)O2)O1. The molecule has 3 rings (SSSR count). The van der Waals surface area contributed by atoms with Crippen molar-refractivity contribution in [3.05, 3.63) is 11.6 Å². The number of unbranched alkanes of at least 4 members (excludes halogenated alkanes) is 12. The summed E-state index contributed by atoms with van der Waals surface area (Å²) in [5.41, 5.74) is 0.611. The van der Waals surface area contributed by atoms with E-state index < -0.39 is 12.2 Å². The summed E-state index contributed by atoms with van der Waals surface area (Å²) in [6.07, 6.45) is 23.2. The molecule has 3 aliphatic rings. The lowest BCUT2D eigenvalue weighted by molar-refractivity contribution is -0.139. The molecule has 3 heterocycles. The molecule has 0 radical (unpaired) electrons. The van der Waals surface area contributed by atoms with Gasteiger partial charge in [0, 0.05) is 12.0 Å². The van der Waals surface area contributed by atoms with Gasteiger partial charge in [-0.2, -0.15) is 0 Å². The Labute approximate surface area is 255 Å². The smallest absolute Gasteiger partial charge is 0.334 e. The van der Waals surface area contributed by atoms with Gasteiger partial charge in [-0.15, -0.1) is 0 Å². The number of carbonyl (C=O) groups is 1. The van der Waals surface area contributed by atoms with Crippen molar-refractivity contribution >= 4 is 5.97 Å². The average molecular weight is 595 g/mol. The first-order valence-electron chi connectivity index (χ1n) is 17.6. The normalized spacial score (nSPS) is 28.2. The van der Waals surface area contributed by atoms with Crippen LogP contribution in [0.5, 0.6) is 0 Å². The second-order valence-corrected chi connectivity index (χ2v) is 13.3. The van der Waals surface area contributed by atoms with Gasteiger partial charge in [0.25, 0.3) is 0 Å². The van der Waals surface area contributed by atoms with E-state index >= 15 is 0 Å². The van der Waals surface area contributed by atoms with Crippen LogP contribution in [0.25, 0.3) is 0 Å². The highest BCUT2D eigenvalue weighted by molar-refractivity contribution is 5.90. The van der Waals surface area contributed by atoms with Crippen molar-refractivity contribution < 1.29 is 34.3 Å². The minimum absolute atomic E-state index is 0.0474. The number of hydrogen-bond donors (Lipinski definition) is 3. The van der Waals surface area contributed by atoms with Gasteiger partial charge in [-0.3, -0.25) is 0 Å². The largest absolute Gasteiger partial charge is 0.455 e. The van der Waals surface area contributed by atoms with E-state index in [1.165, 1.54) is 51.4 Å². The first kappa shape index (κ1) is 35.5. The highest BCUT2D eigenvalue weighted by Gasteiger charge is 2.40. The molecule has 244 valence electrons. The maximum atomic E-state index is 11.7. The summed E-state index contributed by atoms with van der Waals surface area (Å²) in [4.78, 5) is 11.7. The maximum Gasteiger partial charge on any atom is 0.334 e. The first-order chi connectivity index (χ1) is 20.4. The summed E-state index contributed by atoms with van der Waals surface area (Å²) in [6.45, 7) is 4.08. The fourth-order valence-electron chi connectivity index (χ4n) is 6.93. The fraction of sp³-hybridized carbons (Fsp3) is 0.914. The van der Waals surface area contributed by atoms with Crippen molar-refractivity contribution in [3.63, 3.8) is 0 Å². The van der Waals surface area contributed by atoms with Crippen LogP contribution in [0.15, 0.2) is 11.6 Å². The number of carbonyl (C=O) groups excluding carboxylic acids is 1. The van der Waals surface area contributed by atoms with Gasteiger partial charge >= 0.3 is 5.97 Å². The van der Waals surface area contributed by atoms with Gasteiger partial charge in [0.15, 0.2) is 0 Å². The first-order valence-corrected chi connectivity index (χ1v) is 17.6. The second-order valence-electron chi connectivity index (χ2n) is 13.3. The molecule has 0 aromatic rings. The molecule has 0 aromatic carbocycles. The Bertz CT molecular complexity index is 770. The third-order valence-corrected chi connectivity index (χ3v) is 9.53. The Hall–Kier alpha value is -0.990.